The van der Waals surface area contributed by atoms with Crippen LogP contribution < -0.4 is 5.73 Å². The van der Waals surface area contributed by atoms with Gasteiger partial charge in [-0.05, 0) is 32.6 Å². The maximum Gasteiger partial charge on any atom is 0.240 e. The lowest BCUT2D eigenvalue weighted by Gasteiger charge is -2.57. The molecule has 0 aliphatic carbocycles. The number of piperidine rings is 1. The lowest BCUT2D eigenvalue weighted by atomic mass is 9.85. The van der Waals surface area contributed by atoms with E-state index in [9.17, 15) is 4.79 Å². The minimum absolute atomic E-state index is 0.174. The molecule has 3 rings (SSSR count). The molecule has 0 radical (unpaired) electrons. The van der Waals surface area contributed by atoms with Gasteiger partial charge in [0.15, 0.2) is 0 Å². The van der Waals surface area contributed by atoms with Gasteiger partial charge in [-0.3, -0.25) is 9.69 Å². The molecule has 0 aromatic heterocycles. The Bertz CT molecular complexity index is 304. The average Bonchev–Trinajstić information content (AvgIpc) is 2.27. The van der Waals surface area contributed by atoms with Crippen molar-refractivity contribution >= 4 is 5.91 Å². The first-order valence-electron chi connectivity index (χ1n) is 7.22. The van der Waals surface area contributed by atoms with Crippen LogP contribution in [0.5, 0.6) is 0 Å². The van der Waals surface area contributed by atoms with Gasteiger partial charge in [0.2, 0.25) is 5.91 Å². The molecule has 3 heterocycles. The van der Waals surface area contributed by atoms with Gasteiger partial charge in [-0.1, -0.05) is 13.8 Å². The number of rotatable bonds is 4. The Morgan fingerprint density at radius 1 is 1.22 bits per heavy atom. The van der Waals surface area contributed by atoms with E-state index in [0.717, 1.165) is 19.5 Å². The van der Waals surface area contributed by atoms with Crippen LogP contribution in [0.25, 0.3) is 0 Å². The quantitative estimate of drug-likeness (QED) is 0.815. The second-order valence-corrected chi connectivity index (χ2v) is 6.57. The molecule has 1 amide bonds. The summed E-state index contributed by atoms with van der Waals surface area (Å²) in [6.07, 6.45) is 1.96. The topological polar surface area (TPSA) is 49.6 Å². The number of fused-ring (bicyclic) bond motifs is 2. The Balaban J connectivity index is 1.91. The van der Waals surface area contributed by atoms with Gasteiger partial charge in [0.05, 0.1) is 6.04 Å². The van der Waals surface area contributed by atoms with E-state index in [-0.39, 0.29) is 11.9 Å². The molecular formula is C14H27N3O. The molecule has 3 aliphatic heterocycles. The first-order valence-corrected chi connectivity index (χ1v) is 7.22. The zero-order valence-electron chi connectivity index (χ0n) is 12.1. The highest BCUT2D eigenvalue weighted by atomic mass is 16.2. The van der Waals surface area contributed by atoms with Crippen LogP contribution in [0.2, 0.25) is 0 Å². The molecule has 0 aromatic carbocycles. The first kappa shape index (κ1) is 13.8. The van der Waals surface area contributed by atoms with E-state index in [1.54, 1.807) is 0 Å². The van der Waals surface area contributed by atoms with Crippen molar-refractivity contribution < 1.29 is 4.79 Å². The number of amides is 1. The molecule has 104 valence electrons. The molecule has 0 aromatic rings. The van der Waals surface area contributed by atoms with Gasteiger partial charge in [-0.2, -0.15) is 0 Å². The fraction of sp³-hybridized carbons (Fsp3) is 0.929. The lowest BCUT2D eigenvalue weighted by molar-refractivity contribution is -0.157. The predicted molar refractivity (Wildman–Crippen MR) is 73.2 cm³/mol. The summed E-state index contributed by atoms with van der Waals surface area (Å²) >= 11 is 0. The molecule has 18 heavy (non-hydrogen) atoms. The van der Waals surface area contributed by atoms with Gasteiger partial charge >= 0.3 is 0 Å². The molecule has 0 spiro atoms. The van der Waals surface area contributed by atoms with Crippen molar-refractivity contribution in [3.63, 3.8) is 0 Å². The standard InChI is InChI=1S/C14H27N3O/c1-9(2)5-13(15)14(18)17-11-6-12(17)8-16(7-11)10(3)4/h9-13H,5-8,15H2,1-4H3. The van der Waals surface area contributed by atoms with Crippen molar-refractivity contribution in [3.8, 4) is 0 Å². The van der Waals surface area contributed by atoms with E-state index in [2.05, 4.69) is 37.5 Å². The van der Waals surface area contributed by atoms with Crippen LogP contribution >= 0.6 is 0 Å². The van der Waals surface area contributed by atoms with Gasteiger partial charge in [0, 0.05) is 31.2 Å². The average molecular weight is 253 g/mol. The molecule has 4 heteroatoms. The van der Waals surface area contributed by atoms with Gasteiger partial charge in [0.25, 0.3) is 0 Å². The van der Waals surface area contributed by atoms with Crippen LogP contribution in [-0.2, 0) is 4.79 Å². The van der Waals surface area contributed by atoms with Crippen molar-refractivity contribution in [1.29, 1.82) is 0 Å². The van der Waals surface area contributed by atoms with E-state index in [0.29, 0.717) is 24.0 Å². The number of hydrogen-bond acceptors (Lipinski definition) is 3. The highest BCUT2D eigenvalue weighted by Crippen LogP contribution is 2.33. The molecule has 2 N–H and O–H groups in total. The first-order chi connectivity index (χ1) is 8.40. The van der Waals surface area contributed by atoms with E-state index >= 15 is 0 Å². The third-order valence-corrected chi connectivity index (χ3v) is 4.25. The van der Waals surface area contributed by atoms with Crippen LogP contribution in [0, 0.1) is 5.92 Å². The Labute approximate surface area is 110 Å². The number of nitrogens with zero attached hydrogens (tertiary/aromatic N) is 2. The second kappa shape index (κ2) is 5.17. The maximum absolute atomic E-state index is 12.3. The highest BCUT2D eigenvalue weighted by molar-refractivity contribution is 5.83. The summed E-state index contributed by atoms with van der Waals surface area (Å²) in [6, 6.07) is 1.10. The summed E-state index contributed by atoms with van der Waals surface area (Å²) in [7, 11) is 0. The summed E-state index contributed by atoms with van der Waals surface area (Å²) in [5.74, 6) is 0.658. The van der Waals surface area contributed by atoms with Crippen molar-refractivity contribution in [2.75, 3.05) is 13.1 Å². The number of carbonyl (C=O) groups excluding carboxylic acids is 1. The molecule has 3 unspecified atom stereocenters. The molecule has 3 fully saturated rings. The summed E-state index contributed by atoms with van der Waals surface area (Å²) in [4.78, 5) is 16.9. The normalized spacial score (nSPS) is 29.6. The van der Waals surface area contributed by atoms with Crippen LogP contribution in [0.3, 0.4) is 0 Å². The Kier molecular flexibility index (Phi) is 3.97. The number of nitrogens with two attached hydrogens (primary N) is 1. The molecule has 4 nitrogen and oxygen atoms in total. The summed E-state index contributed by atoms with van der Waals surface area (Å²) in [5, 5.41) is 0. The van der Waals surface area contributed by atoms with Crippen molar-refractivity contribution in [2.45, 2.75) is 64.7 Å². The molecular weight excluding hydrogens is 226 g/mol. The molecule has 3 aliphatic rings. The third-order valence-electron chi connectivity index (χ3n) is 4.25. The van der Waals surface area contributed by atoms with Crippen molar-refractivity contribution in [3.05, 3.63) is 0 Å². The minimum Gasteiger partial charge on any atom is -0.333 e. The minimum atomic E-state index is -0.305. The summed E-state index contributed by atoms with van der Waals surface area (Å²) < 4.78 is 0. The summed E-state index contributed by atoms with van der Waals surface area (Å²) in [5.41, 5.74) is 6.02. The number of piperazine rings is 1. The van der Waals surface area contributed by atoms with Crippen LogP contribution in [0.4, 0.5) is 0 Å². The Hall–Kier alpha value is -0.610. The lowest BCUT2D eigenvalue weighted by Crippen LogP contribution is -2.72. The molecule has 3 saturated heterocycles. The second-order valence-electron chi connectivity index (χ2n) is 6.57. The smallest absolute Gasteiger partial charge is 0.240 e. The third kappa shape index (κ3) is 2.54. The van der Waals surface area contributed by atoms with E-state index in [1.165, 1.54) is 6.42 Å². The Morgan fingerprint density at radius 2 is 1.78 bits per heavy atom. The maximum atomic E-state index is 12.3. The SMILES string of the molecule is CC(C)CC(N)C(=O)N1C2CC1CN(C(C)C)C2. The highest BCUT2D eigenvalue weighted by Gasteiger charge is 2.48. The van der Waals surface area contributed by atoms with E-state index < -0.39 is 0 Å². The predicted octanol–water partition coefficient (Wildman–Crippen LogP) is 1.05. The van der Waals surface area contributed by atoms with Gasteiger partial charge in [-0.25, -0.2) is 0 Å². The van der Waals surface area contributed by atoms with Crippen molar-refractivity contribution in [1.82, 2.24) is 9.80 Å². The zero-order chi connectivity index (χ0) is 13.4. The van der Waals surface area contributed by atoms with Crippen LogP contribution in [-0.4, -0.2) is 53.0 Å². The van der Waals surface area contributed by atoms with E-state index in [1.807, 2.05) is 0 Å². The van der Waals surface area contributed by atoms with Crippen LogP contribution in [0.15, 0.2) is 0 Å². The van der Waals surface area contributed by atoms with Crippen molar-refractivity contribution in [2.24, 2.45) is 11.7 Å². The van der Waals surface area contributed by atoms with E-state index in [4.69, 9.17) is 5.73 Å². The Morgan fingerprint density at radius 3 is 2.22 bits per heavy atom. The van der Waals surface area contributed by atoms with Crippen LogP contribution in [0.1, 0.15) is 40.5 Å². The zero-order valence-corrected chi connectivity index (χ0v) is 12.1. The fourth-order valence-electron chi connectivity index (χ4n) is 3.22. The fourth-order valence-corrected chi connectivity index (χ4v) is 3.22. The van der Waals surface area contributed by atoms with Gasteiger partial charge < -0.3 is 10.6 Å². The monoisotopic (exact) mass is 253 g/mol. The summed E-state index contributed by atoms with van der Waals surface area (Å²) in [6.45, 7) is 10.7. The molecule has 2 bridgehead atoms. The number of hydrogen-bond donors (Lipinski definition) is 1. The molecule has 3 atom stereocenters. The largest absolute Gasteiger partial charge is 0.333 e. The number of carbonyl (C=O) groups is 1. The van der Waals surface area contributed by atoms with Gasteiger partial charge in [-0.15, -0.1) is 0 Å². The molecule has 0 saturated carbocycles. The van der Waals surface area contributed by atoms with Gasteiger partial charge in [0.1, 0.15) is 0 Å².